The van der Waals surface area contributed by atoms with Crippen LogP contribution < -0.4 is 10.6 Å². The summed E-state index contributed by atoms with van der Waals surface area (Å²) in [5.74, 6) is -0.425. The molecule has 2 aliphatic heterocycles. The second-order valence-corrected chi connectivity index (χ2v) is 6.28. The van der Waals surface area contributed by atoms with E-state index in [1.165, 1.54) is 0 Å². The minimum Gasteiger partial charge on any atom is -0.378 e. The number of carbonyl (C=O) groups excluding carboxylic acids is 2. The van der Waals surface area contributed by atoms with Gasteiger partial charge in [-0.1, -0.05) is 6.07 Å². The summed E-state index contributed by atoms with van der Waals surface area (Å²) >= 11 is 0. The standard InChI is InChI=1S/C18H24N2O4/c19-18(22)15-5-1-7-16-14(15)6-2-9-20(16)17(21)8-11-23-12-13-4-3-10-24-13/h1,5,7,13H,2-4,6,8-12H2,(H2,19,22). The summed E-state index contributed by atoms with van der Waals surface area (Å²) in [5, 5.41) is 0. The fourth-order valence-electron chi connectivity index (χ4n) is 3.40. The summed E-state index contributed by atoms with van der Waals surface area (Å²) in [6, 6.07) is 5.38. The number of amides is 2. The number of hydrogen-bond acceptors (Lipinski definition) is 4. The molecule has 2 amide bonds. The molecule has 0 aliphatic carbocycles. The molecule has 0 spiro atoms. The number of anilines is 1. The van der Waals surface area contributed by atoms with Crippen molar-refractivity contribution in [2.45, 2.75) is 38.2 Å². The predicted octanol–water partition coefficient (Wildman–Crippen LogP) is 1.65. The Balaban J connectivity index is 1.58. The number of carbonyl (C=O) groups is 2. The number of hydrogen-bond donors (Lipinski definition) is 1. The zero-order valence-corrected chi connectivity index (χ0v) is 13.8. The maximum Gasteiger partial charge on any atom is 0.249 e. The molecular formula is C18H24N2O4. The number of primary amides is 1. The molecule has 0 aromatic heterocycles. The van der Waals surface area contributed by atoms with Crippen molar-refractivity contribution in [1.29, 1.82) is 0 Å². The Hall–Kier alpha value is -1.92. The maximum absolute atomic E-state index is 12.5. The lowest BCUT2D eigenvalue weighted by Crippen LogP contribution is -2.37. The number of rotatable bonds is 6. The molecule has 1 saturated heterocycles. The van der Waals surface area contributed by atoms with Crippen LogP contribution in [0.2, 0.25) is 0 Å². The SMILES string of the molecule is NC(=O)c1cccc2c1CCCN2C(=O)CCOCC1CCCO1. The first-order chi connectivity index (χ1) is 11.7. The van der Waals surface area contributed by atoms with Gasteiger partial charge in [0.05, 0.1) is 25.7 Å². The highest BCUT2D eigenvalue weighted by Crippen LogP contribution is 2.30. The average Bonchev–Trinajstić information content (AvgIpc) is 3.10. The molecule has 0 bridgehead atoms. The quantitative estimate of drug-likeness (QED) is 0.803. The van der Waals surface area contributed by atoms with E-state index in [2.05, 4.69) is 0 Å². The van der Waals surface area contributed by atoms with E-state index in [4.69, 9.17) is 15.2 Å². The van der Waals surface area contributed by atoms with Crippen molar-refractivity contribution in [2.24, 2.45) is 5.73 Å². The molecule has 1 aromatic carbocycles. The maximum atomic E-state index is 12.5. The number of ether oxygens (including phenoxy) is 2. The lowest BCUT2D eigenvalue weighted by atomic mass is 9.95. The van der Waals surface area contributed by atoms with Gasteiger partial charge in [0.1, 0.15) is 0 Å². The van der Waals surface area contributed by atoms with Gasteiger partial charge in [-0.2, -0.15) is 0 Å². The second-order valence-electron chi connectivity index (χ2n) is 6.28. The first-order valence-corrected chi connectivity index (χ1v) is 8.58. The molecule has 6 heteroatoms. The van der Waals surface area contributed by atoms with Gasteiger partial charge in [0.15, 0.2) is 0 Å². The lowest BCUT2D eigenvalue weighted by molar-refractivity contribution is -0.120. The average molecular weight is 332 g/mol. The minimum atomic E-state index is -0.443. The molecular weight excluding hydrogens is 308 g/mol. The third kappa shape index (κ3) is 3.76. The van der Waals surface area contributed by atoms with Gasteiger partial charge in [-0.15, -0.1) is 0 Å². The molecule has 24 heavy (non-hydrogen) atoms. The van der Waals surface area contributed by atoms with Crippen LogP contribution >= 0.6 is 0 Å². The van der Waals surface area contributed by atoms with E-state index in [9.17, 15) is 9.59 Å². The molecule has 130 valence electrons. The molecule has 1 aromatic rings. The zero-order valence-electron chi connectivity index (χ0n) is 13.8. The largest absolute Gasteiger partial charge is 0.378 e. The van der Waals surface area contributed by atoms with Gasteiger partial charge in [0.25, 0.3) is 0 Å². The van der Waals surface area contributed by atoms with Gasteiger partial charge in [-0.05, 0) is 43.4 Å². The Kier molecular flexibility index (Phi) is 5.48. The highest BCUT2D eigenvalue weighted by atomic mass is 16.5. The van der Waals surface area contributed by atoms with E-state index in [0.717, 1.165) is 43.5 Å². The van der Waals surface area contributed by atoms with Gasteiger partial charge in [-0.25, -0.2) is 0 Å². The Bertz CT molecular complexity index is 611. The number of nitrogens with zero attached hydrogens (tertiary/aromatic N) is 1. The highest BCUT2D eigenvalue weighted by molar-refractivity contribution is 6.00. The Morgan fingerprint density at radius 3 is 2.96 bits per heavy atom. The number of benzene rings is 1. The van der Waals surface area contributed by atoms with Crippen molar-refractivity contribution >= 4 is 17.5 Å². The molecule has 2 aliphatic rings. The number of fused-ring (bicyclic) bond motifs is 1. The fraction of sp³-hybridized carbons (Fsp3) is 0.556. The molecule has 0 radical (unpaired) electrons. The summed E-state index contributed by atoms with van der Waals surface area (Å²) in [7, 11) is 0. The summed E-state index contributed by atoms with van der Waals surface area (Å²) < 4.78 is 11.1. The molecule has 1 fully saturated rings. The third-order valence-corrected chi connectivity index (χ3v) is 4.61. The van der Waals surface area contributed by atoms with Gasteiger partial charge in [0, 0.05) is 24.4 Å². The number of nitrogens with two attached hydrogens (primary N) is 1. The summed E-state index contributed by atoms with van der Waals surface area (Å²) in [4.78, 5) is 25.9. The monoisotopic (exact) mass is 332 g/mol. The van der Waals surface area contributed by atoms with Crippen molar-refractivity contribution in [1.82, 2.24) is 0 Å². The minimum absolute atomic E-state index is 0.0184. The third-order valence-electron chi connectivity index (χ3n) is 4.61. The molecule has 6 nitrogen and oxygen atoms in total. The van der Waals surface area contributed by atoms with Crippen LogP contribution in [-0.2, 0) is 20.7 Å². The van der Waals surface area contributed by atoms with Crippen molar-refractivity contribution < 1.29 is 19.1 Å². The smallest absolute Gasteiger partial charge is 0.249 e. The van der Waals surface area contributed by atoms with E-state index >= 15 is 0 Å². The predicted molar refractivity (Wildman–Crippen MR) is 90.0 cm³/mol. The summed E-state index contributed by atoms with van der Waals surface area (Å²) in [6.45, 7) is 2.41. The van der Waals surface area contributed by atoms with Gasteiger partial charge < -0.3 is 20.1 Å². The second kappa shape index (κ2) is 7.77. The summed E-state index contributed by atoms with van der Waals surface area (Å²) in [5.41, 5.74) is 7.64. The molecule has 3 rings (SSSR count). The topological polar surface area (TPSA) is 81.9 Å². The molecule has 2 N–H and O–H groups in total. The zero-order chi connectivity index (χ0) is 16.9. The van der Waals surface area contributed by atoms with E-state index in [-0.39, 0.29) is 12.0 Å². The van der Waals surface area contributed by atoms with E-state index in [1.54, 1.807) is 17.0 Å². The van der Waals surface area contributed by atoms with Crippen LogP contribution in [0.4, 0.5) is 5.69 Å². The van der Waals surface area contributed by atoms with Gasteiger partial charge in [-0.3, -0.25) is 9.59 Å². The van der Waals surface area contributed by atoms with Gasteiger partial charge >= 0.3 is 0 Å². The lowest BCUT2D eigenvalue weighted by Gasteiger charge is -2.30. The fourth-order valence-corrected chi connectivity index (χ4v) is 3.40. The highest BCUT2D eigenvalue weighted by Gasteiger charge is 2.25. The van der Waals surface area contributed by atoms with Crippen LogP contribution in [0.25, 0.3) is 0 Å². The van der Waals surface area contributed by atoms with Crippen LogP contribution in [-0.4, -0.2) is 44.3 Å². The van der Waals surface area contributed by atoms with E-state index in [1.807, 2.05) is 6.07 Å². The van der Waals surface area contributed by atoms with Crippen LogP contribution in [0, 0.1) is 0 Å². The Labute approximate surface area is 141 Å². The van der Waals surface area contributed by atoms with E-state index < -0.39 is 5.91 Å². The van der Waals surface area contributed by atoms with E-state index in [0.29, 0.717) is 31.7 Å². The Morgan fingerprint density at radius 1 is 1.33 bits per heavy atom. The van der Waals surface area contributed by atoms with Crippen molar-refractivity contribution in [3.05, 3.63) is 29.3 Å². The molecule has 2 heterocycles. The summed E-state index contributed by atoms with van der Waals surface area (Å²) in [6.07, 6.45) is 4.22. The Morgan fingerprint density at radius 2 is 2.21 bits per heavy atom. The molecule has 1 atom stereocenters. The van der Waals surface area contributed by atoms with Crippen LogP contribution in [0.1, 0.15) is 41.6 Å². The van der Waals surface area contributed by atoms with Crippen LogP contribution in [0.3, 0.4) is 0 Å². The molecule has 0 saturated carbocycles. The van der Waals surface area contributed by atoms with Gasteiger partial charge in [0.2, 0.25) is 11.8 Å². The molecule has 1 unspecified atom stereocenters. The van der Waals surface area contributed by atoms with Crippen molar-refractivity contribution in [3.8, 4) is 0 Å². The first-order valence-electron chi connectivity index (χ1n) is 8.58. The van der Waals surface area contributed by atoms with Crippen molar-refractivity contribution in [2.75, 3.05) is 31.3 Å². The first kappa shape index (κ1) is 16.9. The van der Waals surface area contributed by atoms with Crippen LogP contribution in [0.15, 0.2) is 18.2 Å². The van der Waals surface area contributed by atoms with Crippen molar-refractivity contribution in [3.63, 3.8) is 0 Å². The normalized spacial score (nSPS) is 20.0. The van der Waals surface area contributed by atoms with Crippen LogP contribution in [0.5, 0.6) is 0 Å².